The summed E-state index contributed by atoms with van der Waals surface area (Å²) in [5.74, 6) is -0.247. The summed E-state index contributed by atoms with van der Waals surface area (Å²) in [6, 6.07) is 9.56. The molecule has 3 N–H and O–H groups in total. The van der Waals surface area contributed by atoms with E-state index in [1.54, 1.807) is 31.4 Å². The number of fused-ring (bicyclic) bond motifs is 3. The third-order valence-electron chi connectivity index (χ3n) is 11.2. The van der Waals surface area contributed by atoms with Crippen molar-refractivity contribution in [3.8, 4) is 11.3 Å². The number of aryl methyl sites for hydroxylation is 1. The normalized spacial score (nSPS) is 20.4. The van der Waals surface area contributed by atoms with E-state index in [4.69, 9.17) is 9.72 Å². The van der Waals surface area contributed by atoms with Gasteiger partial charge in [0.05, 0.1) is 49.5 Å². The Bertz CT molecular complexity index is 2370. The standard InChI is InChI=1S/C39H47N9O6S/c1-6-34(50)42-30-16-26(7-8-32(30)46-12-11-45(19-24(46)2)27-22-54-23-27)41-36-38(51)44(5)20-31(43-36)28-9-10-40-37(29(28)21-49)48-14-13-47-33-18-39(3,4)17-25(33)15-35(47)55(48,52)53/h6-10,15-16,20,24,27,49H,1,11-14,17-19,21-23H2,2-5H3,(H,41,43)(H,42,50)/t24-/m0/s1. The summed E-state index contributed by atoms with van der Waals surface area (Å²) in [7, 11) is -2.40. The fourth-order valence-corrected chi connectivity index (χ4v) is 10.1. The highest BCUT2D eigenvalue weighted by Gasteiger charge is 2.41. The van der Waals surface area contributed by atoms with Gasteiger partial charge in [0, 0.05) is 74.2 Å². The molecule has 0 spiro atoms. The lowest BCUT2D eigenvalue weighted by Crippen LogP contribution is -2.59. The molecular weight excluding hydrogens is 723 g/mol. The molecule has 2 saturated heterocycles. The predicted octanol–water partition coefficient (Wildman–Crippen LogP) is 3.25. The van der Waals surface area contributed by atoms with Gasteiger partial charge in [-0.1, -0.05) is 20.4 Å². The lowest BCUT2D eigenvalue weighted by Gasteiger charge is -2.46. The molecule has 0 bridgehead atoms. The molecule has 0 unspecified atom stereocenters. The molecule has 8 rings (SSSR count). The number of pyridine rings is 1. The minimum atomic E-state index is -3.99. The van der Waals surface area contributed by atoms with Crippen molar-refractivity contribution < 1.29 is 23.1 Å². The zero-order chi connectivity index (χ0) is 38.8. The topological polar surface area (TPSA) is 167 Å². The molecule has 6 heterocycles. The van der Waals surface area contributed by atoms with E-state index in [9.17, 15) is 23.1 Å². The van der Waals surface area contributed by atoms with Gasteiger partial charge in [0.25, 0.3) is 15.6 Å². The first-order valence-corrected chi connectivity index (χ1v) is 20.1. The van der Waals surface area contributed by atoms with Gasteiger partial charge in [-0.15, -0.1) is 0 Å². The van der Waals surface area contributed by atoms with Gasteiger partial charge < -0.3 is 34.5 Å². The molecule has 15 nitrogen and oxygen atoms in total. The van der Waals surface area contributed by atoms with Gasteiger partial charge in [-0.3, -0.25) is 14.5 Å². The number of hydrogen-bond acceptors (Lipinski definition) is 11. The van der Waals surface area contributed by atoms with Crippen molar-refractivity contribution in [1.29, 1.82) is 0 Å². The summed E-state index contributed by atoms with van der Waals surface area (Å²) in [5, 5.41) is 17.1. The van der Waals surface area contributed by atoms with Gasteiger partial charge in [-0.25, -0.2) is 14.3 Å². The van der Waals surface area contributed by atoms with Crippen molar-refractivity contribution in [2.75, 3.05) is 59.2 Å². The number of aliphatic hydroxyl groups is 1. The second-order valence-electron chi connectivity index (χ2n) is 15.7. The van der Waals surface area contributed by atoms with Crippen molar-refractivity contribution in [2.24, 2.45) is 12.5 Å². The predicted molar refractivity (Wildman–Crippen MR) is 210 cm³/mol. The molecule has 1 aromatic carbocycles. The Morgan fingerprint density at radius 1 is 1.13 bits per heavy atom. The number of carbonyl (C=O) groups is 1. The fourth-order valence-electron chi connectivity index (χ4n) is 8.42. The number of rotatable bonds is 9. The summed E-state index contributed by atoms with van der Waals surface area (Å²) in [4.78, 5) is 40.0. The van der Waals surface area contributed by atoms with E-state index in [-0.39, 0.29) is 46.1 Å². The highest BCUT2D eigenvalue weighted by molar-refractivity contribution is 7.92. The number of anilines is 5. The van der Waals surface area contributed by atoms with Gasteiger partial charge >= 0.3 is 0 Å². The van der Waals surface area contributed by atoms with Gasteiger partial charge in [0.1, 0.15) is 5.82 Å². The number of sulfonamides is 1. The Labute approximate surface area is 320 Å². The van der Waals surface area contributed by atoms with Crippen LogP contribution in [0.2, 0.25) is 0 Å². The maximum Gasteiger partial charge on any atom is 0.293 e. The van der Waals surface area contributed by atoms with Crippen LogP contribution in [0.15, 0.2) is 65.2 Å². The van der Waals surface area contributed by atoms with E-state index in [0.29, 0.717) is 35.2 Å². The molecule has 55 heavy (non-hydrogen) atoms. The maximum absolute atomic E-state index is 14.1. The summed E-state index contributed by atoms with van der Waals surface area (Å²) in [6.45, 7) is 14.2. The Balaban J connectivity index is 1.10. The van der Waals surface area contributed by atoms with E-state index in [1.165, 1.54) is 21.1 Å². The molecule has 1 aliphatic carbocycles. The first-order valence-electron chi connectivity index (χ1n) is 18.6. The highest BCUT2D eigenvalue weighted by Crippen LogP contribution is 2.42. The van der Waals surface area contributed by atoms with Crippen LogP contribution in [0.4, 0.5) is 28.7 Å². The molecule has 4 aromatic rings. The third-order valence-corrected chi connectivity index (χ3v) is 13.0. The molecular formula is C39H47N9O6S. The van der Waals surface area contributed by atoms with Crippen LogP contribution in [-0.2, 0) is 52.6 Å². The third kappa shape index (κ3) is 6.60. The number of hydrogen-bond donors (Lipinski definition) is 3. The summed E-state index contributed by atoms with van der Waals surface area (Å²) in [6.07, 6.45) is 5.87. The summed E-state index contributed by atoms with van der Waals surface area (Å²) >= 11 is 0. The Hall–Kier alpha value is -5.03. The van der Waals surface area contributed by atoms with Gasteiger partial charge in [0.15, 0.2) is 10.8 Å². The van der Waals surface area contributed by atoms with Gasteiger partial charge in [-0.2, -0.15) is 8.42 Å². The number of nitrogens with one attached hydrogen (secondary N) is 2. The minimum Gasteiger partial charge on any atom is -0.392 e. The average molecular weight is 770 g/mol. The molecule has 290 valence electrons. The summed E-state index contributed by atoms with van der Waals surface area (Å²) < 4.78 is 38.2. The van der Waals surface area contributed by atoms with E-state index >= 15 is 0 Å². The van der Waals surface area contributed by atoms with E-state index < -0.39 is 22.2 Å². The lowest BCUT2D eigenvalue weighted by molar-refractivity contribution is -0.111. The number of ether oxygens (including phenoxy) is 1. The molecule has 16 heteroatoms. The maximum atomic E-state index is 14.1. The van der Waals surface area contributed by atoms with Crippen LogP contribution in [0, 0.1) is 5.41 Å². The molecule has 2 fully saturated rings. The van der Waals surface area contributed by atoms with Crippen LogP contribution in [-0.4, -0.2) is 94.9 Å². The number of amides is 1. The number of aliphatic hydroxyl groups excluding tert-OH is 1. The molecule has 0 radical (unpaired) electrons. The zero-order valence-corrected chi connectivity index (χ0v) is 32.4. The molecule has 1 atom stereocenters. The van der Waals surface area contributed by atoms with Crippen molar-refractivity contribution >= 4 is 44.6 Å². The average Bonchev–Trinajstić information content (AvgIpc) is 3.62. The van der Waals surface area contributed by atoms with Crippen molar-refractivity contribution in [3.05, 3.63) is 82.6 Å². The highest BCUT2D eigenvalue weighted by atomic mass is 32.2. The lowest BCUT2D eigenvalue weighted by atomic mass is 9.90. The van der Waals surface area contributed by atoms with Gasteiger partial charge in [-0.05, 0) is 67.2 Å². The van der Waals surface area contributed by atoms with E-state index in [1.807, 2.05) is 16.7 Å². The fraction of sp³-hybridized carbons (Fsp3) is 0.436. The van der Waals surface area contributed by atoms with Crippen molar-refractivity contribution in [1.82, 2.24) is 24.0 Å². The monoisotopic (exact) mass is 769 g/mol. The van der Waals surface area contributed by atoms with E-state index in [2.05, 4.69) is 52.8 Å². The van der Waals surface area contributed by atoms with Crippen molar-refractivity contribution in [3.63, 3.8) is 0 Å². The van der Waals surface area contributed by atoms with Crippen LogP contribution < -0.4 is 25.4 Å². The largest absolute Gasteiger partial charge is 0.392 e. The minimum absolute atomic E-state index is 0.00144. The SMILES string of the molecule is C=CC(=O)Nc1cc(Nc2nc(-c3ccnc(N4CCn5c(cc6c5CC(C)(C)C6)S4(=O)=O)c3CO)cn(C)c2=O)ccc1N1CCN(C2COC2)C[C@@H]1C. The number of benzene rings is 1. The van der Waals surface area contributed by atoms with Crippen LogP contribution in [0.1, 0.15) is 37.6 Å². The van der Waals surface area contributed by atoms with E-state index in [0.717, 1.165) is 62.6 Å². The van der Waals surface area contributed by atoms with Gasteiger partial charge in [0.2, 0.25) is 5.91 Å². The molecule has 3 aromatic heterocycles. The second kappa shape index (κ2) is 13.9. The van der Waals surface area contributed by atoms with Crippen LogP contribution in [0.5, 0.6) is 0 Å². The van der Waals surface area contributed by atoms with Crippen LogP contribution >= 0.6 is 0 Å². The second-order valence-corrected chi connectivity index (χ2v) is 17.5. The van der Waals surface area contributed by atoms with Crippen LogP contribution in [0.3, 0.4) is 0 Å². The first kappa shape index (κ1) is 36.9. The Morgan fingerprint density at radius 3 is 2.64 bits per heavy atom. The number of carbonyl (C=O) groups excluding carboxylic acids is 1. The summed E-state index contributed by atoms with van der Waals surface area (Å²) in [5.41, 5.74) is 4.74. The quantitative estimate of drug-likeness (QED) is 0.214. The van der Waals surface area contributed by atoms with Crippen LogP contribution in [0.25, 0.3) is 11.3 Å². The molecule has 4 aliphatic rings. The Kier molecular flexibility index (Phi) is 9.35. The molecule has 3 aliphatic heterocycles. The number of piperazine rings is 1. The molecule has 1 amide bonds. The number of aromatic nitrogens is 4. The zero-order valence-electron chi connectivity index (χ0n) is 31.6. The van der Waals surface area contributed by atoms with Crippen molar-refractivity contribution in [2.45, 2.75) is 63.9 Å². The molecule has 0 saturated carbocycles. The number of nitrogens with zero attached hydrogens (tertiary/aromatic N) is 7. The smallest absolute Gasteiger partial charge is 0.293 e. The Morgan fingerprint density at radius 2 is 1.93 bits per heavy atom. The first-order chi connectivity index (χ1) is 26.3.